The molecule has 0 fully saturated rings. The molecule has 1 rings (SSSR count). The summed E-state index contributed by atoms with van der Waals surface area (Å²) in [6, 6.07) is -0.658. The van der Waals surface area contributed by atoms with Gasteiger partial charge in [0.2, 0.25) is 0 Å². The van der Waals surface area contributed by atoms with Crippen molar-refractivity contribution in [2.24, 2.45) is 11.1 Å². The van der Waals surface area contributed by atoms with Gasteiger partial charge in [0.05, 0.1) is 18.1 Å². The van der Waals surface area contributed by atoms with Gasteiger partial charge in [-0.1, -0.05) is 0 Å². The second-order valence-electron chi connectivity index (χ2n) is 5.05. The smallest absolute Gasteiger partial charge is 0.416 e. The van der Waals surface area contributed by atoms with Crippen molar-refractivity contribution in [3.05, 3.63) is 29.1 Å². The average molecular weight is 309 g/mol. The first-order chi connectivity index (χ1) is 9.44. The third-order valence-corrected chi connectivity index (χ3v) is 3.27. The van der Waals surface area contributed by atoms with Crippen LogP contribution in [0.25, 0.3) is 0 Å². The fourth-order valence-electron chi connectivity index (χ4n) is 1.89. The van der Waals surface area contributed by atoms with Gasteiger partial charge in [0.25, 0.3) is 0 Å². The number of carbonyl (C=O) groups is 1. The molecule has 0 radical (unpaired) electrons. The number of hydrogen-bond acceptors (Lipinski definition) is 4. The predicted molar refractivity (Wildman–Crippen MR) is 65.8 cm³/mol. The van der Waals surface area contributed by atoms with E-state index >= 15 is 0 Å². The zero-order chi connectivity index (χ0) is 16.6. The fraction of sp³-hybridized carbons (Fsp3) is 0.462. The minimum atomic E-state index is -4.86. The number of carbonyl (C=O) groups excluding carboxylic acids is 1. The first-order valence-corrected chi connectivity index (χ1v) is 5.87. The molecule has 3 N–H and O–H groups in total. The van der Waals surface area contributed by atoms with E-state index in [0.29, 0.717) is 12.1 Å². The zero-order valence-electron chi connectivity index (χ0n) is 11.6. The lowest BCUT2D eigenvalue weighted by Gasteiger charge is -2.31. The maximum Gasteiger partial charge on any atom is 0.416 e. The SMILES string of the molecule is COC(=O)C(C)(C)[C@H](N)c1c(C(F)(F)F)ccc(F)c1O. The molecule has 0 amide bonds. The Balaban J connectivity index is 3.55. The van der Waals surface area contributed by atoms with E-state index in [4.69, 9.17) is 5.73 Å². The number of halogens is 4. The van der Waals surface area contributed by atoms with Crippen molar-refractivity contribution in [3.8, 4) is 5.75 Å². The van der Waals surface area contributed by atoms with Crippen LogP contribution in [-0.4, -0.2) is 18.2 Å². The van der Waals surface area contributed by atoms with E-state index in [1.807, 2.05) is 0 Å². The Bertz CT molecular complexity index is 555. The Morgan fingerprint density at radius 2 is 1.86 bits per heavy atom. The molecular formula is C13H15F4NO3. The summed E-state index contributed by atoms with van der Waals surface area (Å²) >= 11 is 0. The van der Waals surface area contributed by atoms with E-state index in [1.54, 1.807) is 0 Å². The largest absolute Gasteiger partial charge is 0.505 e. The molecule has 4 nitrogen and oxygen atoms in total. The molecule has 0 saturated heterocycles. The third-order valence-electron chi connectivity index (χ3n) is 3.27. The van der Waals surface area contributed by atoms with Gasteiger partial charge in [-0.3, -0.25) is 4.79 Å². The molecule has 0 aromatic heterocycles. The molecule has 1 aromatic carbocycles. The van der Waals surface area contributed by atoms with E-state index in [-0.39, 0.29) is 0 Å². The predicted octanol–water partition coefficient (Wildman–Crippen LogP) is 2.75. The molecule has 0 aliphatic carbocycles. The fourth-order valence-corrected chi connectivity index (χ4v) is 1.89. The number of rotatable bonds is 3. The number of aromatic hydroxyl groups is 1. The molecule has 21 heavy (non-hydrogen) atoms. The number of methoxy groups -OCH3 is 1. The van der Waals surface area contributed by atoms with Crippen LogP contribution in [0.4, 0.5) is 17.6 Å². The normalized spacial score (nSPS) is 13.9. The van der Waals surface area contributed by atoms with Crippen LogP contribution < -0.4 is 5.73 Å². The van der Waals surface area contributed by atoms with E-state index in [2.05, 4.69) is 4.74 Å². The highest BCUT2D eigenvalue weighted by atomic mass is 19.4. The highest BCUT2D eigenvalue weighted by Crippen LogP contribution is 2.44. The lowest BCUT2D eigenvalue weighted by molar-refractivity contribution is -0.153. The van der Waals surface area contributed by atoms with E-state index in [9.17, 15) is 27.5 Å². The number of hydrogen-bond donors (Lipinski definition) is 2. The number of phenols is 1. The maximum absolute atomic E-state index is 13.4. The van der Waals surface area contributed by atoms with Crippen molar-refractivity contribution in [3.63, 3.8) is 0 Å². The Labute approximate surface area is 118 Å². The quantitative estimate of drug-likeness (QED) is 0.665. The molecule has 1 aromatic rings. The van der Waals surface area contributed by atoms with Gasteiger partial charge in [-0.25, -0.2) is 4.39 Å². The Morgan fingerprint density at radius 1 is 1.33 bits per heavy atom. The number of esters is 1. The van der Waals surface area contributed by atoms with E-state index < -0.39 is 46.3 Å². The molecule has 8 heteroatoms. The summed E-state index contributed by atoms with van der Waals surface area (Å²) in [5.41, 5.74) is 1.91. The monoisotopic (exact) mass is 309 g/mol. The number of phenolic OH excluding ortho intramolecular Hbond substituents is 1. The van der Waals surface area contributed by atoms with Crippen LogP contribution in [0.1, 0.15) is 31.0 Å². The summed E-state index contributed by atoms with van der Waals surface area (Å²) in [7, 11) is 1.05. The molecule has 0 aliphatic heterocycles. The summed E-state index contributed by atoms with van der Waals surface area (Å²) in [6.07, 6.45) is -4.86. The summed E-state index contributed by atoms with van der Waals surface area (Å²) in [6.45, 7) is 2.49. The molecule has 1 atom stereocenters. The zero-order valence-corrected chi connectivity index (χ0v) is 11.6. The minimum absolute atomic E-state index is 0.470. The number of benzene rings is 1. The summed E-state index contributed by atoms with van der Waals surface area (Å²) in [4.78, 5) is 11.6. The van der Waals surface area contributed by atoms with Crippen molar-refractivity contribution in [2.75, 3.05) is 7.11 Å². The lowest BCUT2D eigenvalue weighted by atomic mass is 9.79. The van der Waals surface area contributed by atoms with Crippen molar-refractivity contribution >= 4 is 5.97 Å². The molecular weight excluding hydrogens is 294 g/mol. The van der Waals surface area contributed by atoms with E-state index in [1.165, 1.54) is 13.8 Å². The van der Waals surface area contributed by atoms with Crippen LogP contribution in [0.15, 0.2) is 12.1 Å². The molecule has 0 saturated carbocycles. The molecule has 0 bridgehead atoms. The van der Waals surface area contributed by atoms with Crippen molar-refractivity contribution in [2.45, 2.75) is 26.1 Å². The molecule has 0 unspecified atom stereocenters. The van der Waals surface area contributed by atoms with Crippen LogP contribution in [-0.2, 0) is 15.7 Å². The molecule has 118 valence electrons. The highest BCUT2D eigenvalue weighted by Gasteiger charge is 2.44. The Kier molecular flexibility index (Phi) is 4.52. The Hall–Kier alpha value is -1.83. The first-order valence-electron chi connectivity index (χ1n) is 5.87. The van der Waals surface area contributed by atoms with E-state index in [0.717, 1.165) is 7.11 Å². The number of alkyl halides is 3. The van der Waals surface area contributed by atoms with Gasteiger partial charge in [-0.2, -0.15) is 13.2 Å². The third kappa shape index (κ3) is 3.10. The maximum atomic E-state index is 13.4. The topological polar surface area (TPSA) is 72.5 Å². The minimum Gasteiger partial charge on any atom is -0.505 e. The average Bonchev–Trinajstić information content (AvgIpc) is 2.38. The van der Waals surface area contributed by atoms with Crippen LogP contribution in [0.2, 0.25) is 0 Å². The number of nitrogens with two attached hydrogens (primary N) is 1. The lowest BCUT2D eigenvalue weighted by Crippen LogP contribution is -2.38. The van der Waals surface area contributed by atoms with Gasteiger partial charge in [-0.05, 0) is 26.0 Å². The number of ether oxygens (including phenoxy) is 1. The van der Waals surface area contributed by atoms with Crippen LogP contribution >= 0.6 is 0 Å². The summed E-state index contributed by atoms with van der Waals surface area (Å²) in [5.74, 6) is -3.37. The van der Waals surface area contributed by atoms with Crippen LogP contribution in [0.5, 0.6) is 5.75 Å². The molecule has 0 aliphatic rings. The van der Waals surface area contributed by atoms with Gasteiger partial charge in [0, 0.05) is 11.6 Å². The van der Waals surface area contributed by atoms with Crippen molar-refractivity contribution in [1.82, 2.24) is 0 Å². The van der Waals surface area contributed by atoms with Crippen molar-refractivity contribution < 1.29 is 32.2 Å². The second-order valence-corrected chi connectivity index (χ2v) is 5.05. The molecule has 0 heterocycles. The van der Waals surface area contributed by atoms with Crippen LogP contribution in [0, 0.1) is 11.2 Å². The van der Waals surface area contributed by atoms with Gasteiger partial charge in [-0.15, -0.1) is 0 Å². The summed E-state index contributed by atoms with van der Waals surface area (Å²) < 4.78 is 56.8. The van der Waals surface area contributed by atoms with Crippen LogP contribution in [0.3, 0.4) is 0 Å². The highest BCUT2D eigenvalue weighted by molar-refractivity contribution is 5.77. The Morgan fingerprint density at radius 3 is 2.29 bits per heavy atom. The second kappa shape index (κ2) is 5.51. The van der Waals surface area contributed by atoms with Gasteiger partial charge >= 0.3 is 12.1 Å². The van der Waals surface area contributed by atoms with Gasteiger partial charge in [0.1, 0.15) is 0 Å². The first kappa shape index (κ1) is 17.2. The van der Waals surface area contributed by atoms with Gasteiger partial charge < -0.3 is 15.6 Å². The van der Waals surface area contributed by atoms with Gasteiger partial charge in [0.15, 0.2) is 11.6 Å². The van der Waals surface area contributed by atoms with Crippen molar-refractivity contribution in [1.29, 1.82) is 0 Å². The molecule has 0 spiro atoms. The standard InChI is InChI=1S/C13H15F4NO3/c1-12(2,11(20)21-3)10(18)8-6(13(15,16)17)4-5-7(14)9(8)19/h4-5,10,19H,18H2,1-3H3/t10-/m1/s1. The summed E-state index contributed by atoms with van der Waals surface area (Å²) in [5, 5.41) is 9.62.